The summed E-state index contributed by atoms with van der Waals surface area (Å²) in [6.07, 6.45) is 4.93. The van der Waals surface area contributed by atoms with E-state index in [1.54, 1.807) is 0 Å². The molecule has 0 radical (unpaired) electrons. The summed E-state index contributed by atoms with van der Waals surface area (Å²) < 4.78 is 5.50. The molecule has 1 saturated heterocycles. The molecule has 1 aliphatic rings. The van der Waals surface area contributed by atoms with E-state index in [9.17, 15) is 0 Å². The molecule has 0 aromatic rings. The van der Waals surface area contributed by atoms with Gasteiger partial charge in [0.25, 0.3) is 0 Å². The van der Waals surface area contributed by atoms with Crippen molar-refractivity contribution in [1.82, 2.24) is 5.32 Å². The normalized spacial score (nSPS) is 31.6. The van der Waals surface area contributed by atoms with Crippen LogP contribution in [-0.2, 0) is 4.74 Å². The molecule has 0 spiro atoms. The fraction of sp³-hybridized carbons (Fsp3) is 1.00. The van der Waals surface area contributed by atoms with Crippen LogP contribution in [0.4, 0.5) is 0 Å². The molecular formula is C10H21NOS. The lowest BCUT2D eigenvalue weighted by Crippen LogP contribution is -2.43. The van der Waals surface area contributed by atoms with Gasteiger partial charge in [0, 0.05) is 24.4 Å². The molecule has 1 heterocycles. The van der Waals surface area contributed by atoms with Crippen molar-refractivity contribution in [1.29, 1.82) is 0 Å². The molecule has 0 aliphatic carbocycles. The van der Waals surface area contributed by atoms with Gasteiger partial charge in [-0.1, -0.05) is 0 Å². The summed E-state index contributed by atoms with van der Waals surface area (Å²) in [6.45, 7) is 5.34. The Morgan fingerprint density at radius 1 is 1.62 bits per heavy atom. The first kappa shape index (κ1) is 11.3. The summed E-state index contributed by atoms with van der Waals surface area (Å²) in [6, 6.07) is 1.30. The number of rotatable bonds is 4. The van der Waals surface area contributed by atoms with E-state index in [-0.39, 0.29) is 0 Å². The average Bonchev–Trinajstić information content (AvgIpc) is 2.04. The van der Waals surface area contributed by atoms with E-state index in [0.717, 1.165) is 6.61 Å². The zero-order chi connectivity index (χ0) is 9.68. The Kier molecular flexibility index (Phi) is 5.14. The fourth-order valence-electron chi connectivity index (χ4n) is 1.85. The molecular weight excluding hydrogens is 182 g/mol. The van der Waals surface area contributed by atoms with E-state index in [0.29, 0.717) is 18.2 Å². The van der Waals surface area contributed by atoms with Crippen LogP contribution in [0.1, 0.15) is 26.7 Å². The number of hydrogen-bond donors (Lipinski definition) is 1. The Morgan fingerprint density at radius 3 is 3.00 bits per heavy atom. The van der Waals surface area contributed by atoms with E-state index in [1.807, 2.05) is 11.8 Å². The van der Waals surface area contributed by atoms with Gasteiger partial charge in [-0.25, -0.2) is 0 Å². The van der Waals surface area contributed by atoms with Crippen LogP contribution in [0.2, 0.25) is 0 Å². The maximum absolute atomic E-state index is 5.50. The molecule has 0 aromatic heterocycles. The third-order valence-electron chi connectivity index (χ3n) is 2.42. The summed E-state index contributed by atoms with van der Waals surface area (Å²) in [5.74, 6) is 1.20. The Morgan fingerprint density at radius 2 is 2.38 bits per heavy atom. The Hall–Kier alpha value is 0.270. The van der Waals surface area contributed by atoms with Gasteiger partial charge in [0.2, 0.25) is 0 Å². The monoisotopic (exact) mass is 203 g/mol. The van der Waals surface area contributed by atoms with Gasteiger partial charge < -0.3 is 10.1 Å². The molecule has 3 unspecified atom stereocenters. The SMILES string of the molecule is CSCC(C)NC1CCOC(C)C1. The highest BCUT2D eigenvalue weighted by Gasteiger charge is 2.19. The minimum absolute atomic E-state index is 0.438. The lowest BCUT2D eigenvalue weighted by atomic mass is 10.0. The first-order valence-corrected chi connectivity index (χ1v) is 6.48. The quantitative estimate of drug-likeness (QED) is 0.754. The smallest absolute Gasteiger partial charge is 0.0561 e. The van der Waals surface area contributed by atoms with Crippen LogP contribution >= 0.6 is 11.8 Å². The topological polar surface area (TPSA) is 21.3 Å². The van der Waals surface area contributed by atoms with Crippen molar-refractivity contribution in [3.63, 3.8) is 0 Å². The van der Waals surface area contributed by atoms with Gasteiger partial charge in [-0.2, -0.15) is 11.8 Å². The molecule has 1 rings (SSSR count). The third kappa shape index (κ3) is 4.34. The molecule has 13 heavy (non-hydrogen) atoms. The standard InChI is InChI=1S/C10H21NOS/c1-8(7-13-3)11-10-4-5-12-9(2)6-10/h8-11H,4-7H2,1-3H3. The number of ether oxygens (including phenoxy) is 1. The number of hydrogen-bond acceptors (Lipinski definition) is 3. The summed E-state index contributed by atoms with van der Waals surface area (Å²) >= 11 is 1.91. The van der Waals surface area contributed by atoms with Gasteiger partial charge in [-0.05, 0) is 32.9 Å². The molecule has 2 nitrogen and oxygen atoms in total. The molecule has 1 aliphatic heterocycles. The van der Waals surface area contributed by atoms with Crippen LogP contribution in [0, 0.1) is 0 Å². The van der Waals surface area contributed by atoms with Crippen molar-refractivity contribution in [2.75, 3.05) is 18.6 Å². The maximum atomic E-state index is 5.50. The summed E-state index contributed by atoms with van der Waals surface area (Å²) in [5, 5.41) is 3.65. The molecule has 3 atom stereocenters. The lowest BCUT2D eigenvalue weighted by Gasteiger charge is -2.30. The molecule has 1 fully saturated rings. The highest BCUT2D eigenvalue weighted by Crippen LogP contribution is 2.14. The second-order valence-corrected chi connectivity index (χ2v) is 4.84. The van der Waals surface area contributed by atoms with Gasteiger partial charge >= 0.3 is 0 Å². The van der Waals surface area contributed by atoms with Crippen molar-refractivity contribution in [3.8, 4) is 0 Å². The lowest BCUT2D eigenvalue weighted by molar-refractivity contribution is 0.0121. The zero-order valence-electron chi connectivity index (χ0n) is 8.88. The number of thioether (sulfide) groups is 1. The van der Waals surface area contributed by atoms with Crippen molar-refractivity contribution in [3.05, 3.63) is 0 Å². The second kappa shape index (κ2) is 5.89. The largest absolute Gasteiger partial charge is 0.378 e. The van der Waals surface area contributed by atoms with Crippen LogP contribution in [0.5, 0.6) is 0 Å². The Bertz CT molecular complexity index is 143. The maximum Gasteiger partial charge on any atom is 0.0561 e. The van der Waals surface area contributed by atoms with E-state index in [4.69, 9.17) is 4.74 Å². The third-order valence-corrected chi connectivity index (χ3v) is 3.26. The van der Waals surface area contributed by atoms with Crippen molar-refractivity contribution >= 4 is 11.8 Å². The van der Waals surface area contributed by atoms with Crippen LogP contribution < -0.4 is 5.32 Å². The molecule has 0 amide bonds. The number of nitrogens with one attached hydrogen (secondary N) is 1. The van der Waals surface area contributed by atoms with Crippen molar-refractivity contribution in [2.24, 2.45) is 0 Å². The fourth-order valence-corrected chi connectivity index (χ4v) is 2.45. The van der Waals surface area contributed by atoms with Gasteiger partial charge in [0.15, 0.2) is 0 Å². The van der Waals surface area contributed by atoms with Crippen LogP contribution in [0.15, 0.2) is 0 Å². The van der Waals surface area contributed by atoms with Gasteiger partial charge in [-0.3, -0.25) is 0 Å². The second-order valence-electron chi connectivity index (χ2n) is 3.93. The summed E-state index contributed by atoms with van der Waals surface area (Å²) in [7, 11) is 0. The predicted octanol–water partition coefficient (Wildman–Crippen LogP) is 1.90. The first-order chi connectivity index (χ1) is 6.22. The van der Waals surface area contributed by atoms with Gasteiger partial charge in [0.1, 0.15) is 0 Å². The van der Waals surface area contributed by atoms with Crippen molar-refractivity contribution < 1.29 is 4.74 Å². The molecule has 3 heteroatoms. The predicted molar refractivity (Wildman–Crippen MR) is 59.4 cm³/mol. The van der Waals surface area contributed by atoms with E-state index >= 15 is 0 Å². The highest BCUT2D eigenvalue weighted by molar-refractivity contribution is 7.98. The van der Waals surface area contributed by atoms with E-state index in [1.165, 1.54) is 18.6 Å². The van der Waals surface area contributed by atoms with Gasteiger partial charge in [-0.15, -0.1) is 0 Å². The Balaban J connectivity index is 2.19. The van der Waals surface area contributed by atoms with Gasteiger partial charge in [0.05, 0.1) is 6.10 Å². The minimum atomic E-state index is 0.438. The summed E-state index contributed by atoms with van der Waals surface area (Å²) in [4.78, 5) is 0. The molecule has 0 bridgehead atoms. The minimum Gasteiger partial charge on any atom is -0.378 e. The van der Waals surface area contributed by atoms with E-state index < -0.39 is 0 Å². The van der Waals surface area contributed by atoms with E-state index in [2.05, 4.69) is 25.4 Å². The molecule has 0 saturated carbocycles. The summed E-state index contributed by atoms with van der Waals surface area (Å²) in [5.41, 5.74) is 0. The molecule has 0 aromatic carbocycles. The first-order valence-electron chi connectivity index (χ1n) is 5.09. The van der Waals surface area contributed by atoms with Crippen LogP contribution in [-0.4, -0.2) is 36.8 Å². The highest BCUT2D eigenvalue weighted by atomic mass is 32.2. The molecule has 78 valence electrons. The molecule has 1 N–H and O–H groups in total. The van der Waals surface area contributed by atoms with Crippen LogP contribution in [0.3, 0.4) is 0 Å². The van der Waals surface area contributed by atoms with Crippen molar-refractivity contribution in [2.45, 2.75) is 44.9 Å². The van der Waals surface area contributed by atoms with Crippen LogP contribution in [0.25, 0.3) is 0 Å². The Labute approximate surface area is 85.8 Å². The average molecular weight is 203 g/mol. The zero-order valence-corrected chi connectivity index (χ0v) is 9.69.